The number of quaternary nitrogens is 1. The molecule has 0 fully saturated rings. The Morgan fingerprint density at radius 1 is 0.759 bits per heavy atom. The molecule has 4 aromatic rings. The third-order valence-electron chi connectivity index (χ3n) is 12.3. The van der Waals surface area contributed by atoms with Crippen molar-refractivity contribution in [2.75, 3.05) is 62.2 Å². The lowest BCUT2D eigenvalue weighted by molar-refractivity contribution is -0.941. The van der Waals surface area contributed by atoms with Crippen molar-refractivity contribution in [3.05, 3.63) is 94.0 Å². The van der Waals surface area contributed by atoms with Crippen LogP contribution in [-0.4, -0.2) is 77.5 Å². The van der Waals surface area contributed by atoms with Crippen molar-refractivity contribution in [1.82, 2.24) is 4.90 Å². The summed E-state index contributed by atoms with van der Waals surface area (Å²) < 4.78 is 38.5. The van der Waals surface area contributed by atoms with Gasteiger partial charge in [-0.25, -0.2) is 0 Å². The number of rotatable bonds is 12. The average Bonchev–Trinajstić information content (AvgIpc) is 3.19. The van der Waals surface area contributed by atoms with Crippen LogP contribution in [0.5, 0.6) is 46.0 Å². The Labute approximate surface area is 355 Å². The number of carboxylic acid groups (broad SMARTS) is 1. The molecule has 4 aliphatic rings. The van der Waals surface area contributed by atoms with Gasteiger partial charge in [-0.3, -0.25) is 4.90 Å². The third kappa shape index (κ3) is 9.41. The zero-order chi connectivity index (χ0) is 39.4. The topological polar surface area (TPSA) is 98.8 Å². The highest BCUT2D eigenvalue weighted by molar-refractivity contribution is 5.85. The second-order valence-electron chi connectivity index (χ2n) is 15.8. The van der Waals surface area contributed by atoms with Crippen molar-refractivity contribution in [1.29, 1.82) is 0 Å². The van der Waals surface area contributed by atoms with E-state index in [0.29, 0.717) is 53.1 Å². The van der Waals surface area contributed by atoms with Gasteiger partial charge in [0.25, 0.3) is 0 Å². The highest BCUT2D eigenvalue weighted by Crippen LogP contribution is 2.52. The van der Waals surface area contributed by atoms with E-state index in [1.54, 1.807) is 28.4 Å². The van der Waals surface area contributed by atoms with E-state index in [1.807, 2.05) is 6.07 Å². The van der Waals surface area contributed by atoms with Crippen LogP contribution in [0, 0.1) is 0 Å². The van der Waals surface area contributed by atoms with Crippen LogP contribution in [0.15, 0.2) is 60.7 Å². The van der Waals surface area contributed by atoms with E-state index in [9.17, 15) is 9.90 Å². The Kier molecular flexibility index (Phi) is 15.1. The minimum absolute atomic E-state index is 0. The maximum Gasteiger partial charge on any atom is 0.204 e. The van der Waals surface area contributed by atoms with Crippen LogP contribution in [0.2, 0.25) is 0 Å². The number of ether oxygens (including phenoxy) is 6. The Morgan fingerprint density at radius 2 is 1.43 bits per heavy atom. The number of aliphatic carboxylic acids is 1. The van der Waals surface area contributed by atoms with Crippen molar-refractivity contribution in [3.8, 4) is 46.0 Å². The zero-order valence-electron chi connectivity index (χ0n) is 34.6. The first-order valence-corrected chi connectivity index (χ1v) is 20.0. The quantitative estimate of drug-likeness (QED) is 0.103. The van der Waals surface area contributed by atoms with E-state index < -0.39 is 5.97 Å². The number of unbranched alkanes of at least 4 members (excludes halogenated alkanes) is 4. The van der Waals surface area contributed by atoms with Crippen LogP contribution in [0.4, 0.5) is 0 Å². The molecule has 0 aromatic heterocycles. The van der Waals surface area contributed by atoms with Gasteiger partial charge in [0.05, 0.1) is 48.6 Å². The van der Waals surface area contributed by atoms with Crippen molar-refractivity contribution in [2.24, 2.45) is 0 Å². The first-order chi connectivity index (χ1) is 27.1. The van der Waals surface area contributed by atoms with Gasteiger partial charge in [0, 0.05) is 42.5 Å². The summed E-state index contributed by atoms with van der Waals surface area (Å²) in [7, 11) is 11.3. The second kappa shape index (κ2) is 19.6. The monoisotopic (exact) mass is 836 g/mol. The molecule has 0 saturated heterocycles. The standard InChI is InChI=1S/C46H56N2O8.2ClH/c1-47-21-19-33-28-42(53-5)45(54-6)46-44(33)36(47)24-31-15-18-38(51-3)40(26-31)55-34-16-13-30(14-17-34)25-37-35-29-41(56-46)39(52-4)27-32(35)20-23-48(37,2)22-11-9-7-8-10-12-43(49)50;;/h13-18,26-29,36-37H,7-12,19-25H2,1-6H3;2*1H. The predicted octanol–water partition coefficient (Wildman–Crippen LogP) is 8.61. The summed E-state index contributed by atoms with van der Waals surface area (Å²) in [6, 6.07) is 21.3. The SMILES string of the molecule is COc1ccc2cc1Oc1ccc(cc1)CC1c3cc(c(OC)cc3CC[N+]1(C)CCCCCCCC(=O)[O-])Oc1c(OC)c(OC)cc3c1C(C2)N(C)CC3.Cl.Cl. The fourth-order valence-corrected chi connectivity index (χ4v) is 9.06. The molecule has 4 heterocycles. The van der Waals surface area contributed by atoms with Gasteiger partial charge in [0.15, 0.2) is 34.5 Å². The first-order valence-electron chi connectivity index (χ1n) is 20.0. The molecule has 3 atom stereocenters. The van der Waals surface area contributed by atoms with Crippen LogP contribution >= 0.6 is 24.8 Å². The summed E-state index contributed by atoms with van der Waals surface area (Å²) in [6.07, 6.45) is 8.12. The van der Waals surface area contributed by atoms with E-state index >= 15 is 0 Å². The number of halogens is 2. The number of carbonyl (C=O) groups is 1. The summed E-state index contributed by atoms with van der Waals surface area (Å²) in [5, 5.41) is 10.9. The largest absolute Gasteiger partial charge is 0.550 e. The van der Waals surface area contributed by atoms with Crippen molar-refractivity contribution in [2.45, 2.75) is 76.3 Å². The lowest BCUT2D eigenvalue weighted by Gasteiger charge is -2.46. The molecule has 0 aliphatic carbocycles. The Hall–Kier alpha value is -4.35. The molecule has 3 unspecified atom stereocenters. The second-order valence-corrected chi connectivity index (χ2v) is 15.8. The van der Waals surface area contributed by atoms with E-state index in [-0.39, 0.29) is 43.3 Å². The minimum Gasteiger partial charge on any atom is -0.550 e. The summed E-state index contributed by atoms with van der Waals surface area (Å²) in [4.78, 5) is 13.3. The van der Waals surface area contributed by atoms with E-state index in [2.05, 4.69) is 73.6 Å². The Bertz CT molecular complexity index is 2040. The van der Waals surface area contributed by atoms with Gasteiger partial charge in [0.2, 0.25) is 5.75 Å². The number of hydrogen-bond donors (Lipinski definition) is 0. The molecule has 4 aliphatic heterocycles. The highest BCUT2D eigenvalue weighted by atomic mass is 35.5. The normalized spacial score (nSPS) is 19.4. The molecule has 12 heteroatoms. The van der Waals surface area contributed by atoms with E-state index in [0.717, 1.165) is 85.9 Å². The van der Waals surface area contributed by atoms with Crippen LogP contribution in [0.3, 0.4) is 0 Å². The van der Waals surface area contributed by atoms with Gasteiger partial charge in [-0.05, 0) is 110 Å². The summed E-state index contributed by atoms with van der Waals surface area (Å²) in [6.45, 7) is 2.88. The lowest BCUT2D eigenvalue weighted by atomic mass is 9.85. The van der Waals surface area contributed by atoms with Crippen LogP contribution < -0.4 is 33.5 Å². The minimum atomic E-state index is -0.966. The number of carbonyl (C=O) groups excluding carboxylic acids is 1. The molecule has 0 spiro atoms. The summed E-state index contributed by atoms with van der Waals surface area (Å²) in [5.41, 5.74) is 7.09. The smallest absolute Gasteiger partial charge is 0.204 e. The lowest BCUT2D eigenvalue weighted by Crippen LogP contribution is -2.52. The van der Waals surface area contributed by atoms with Crippen LogP contribution in [0.1, 0.15) is 84.0 Å². The van der Waals surface area contributed by atoms with E-state index in [1.165, 1.54) is 22.3 Å². The number of benzene rings is 4. The maximum atomic E-state index is 10.9. The van der Waals surface area contributed by atoms with Gasteiger partial charge in [-0.1, -0.05) is 31.0 Å². The molecule has 0 N–H and O–H groups in total. The number of nitrogens with zero attached hydrogens (tertiary/aromatic N) is 2. The summed E-state index contributed by atoms with van der Waals surface area (Å²) in [5.74, 6) is 4.29. The molecule has 0 radical (unpaired) electrons. The molecular formula is C46H58Cl2N2O8. The van der Waals surface area contributed by atoms with E-state index in [4.69, 9.17) is 28.4 Å². The van der Waals surface area contributed by atoms with Gasteiger partial charge in [-0.15, -0.1) is 24.8 Å². The Morgan fingerprint density at radius 3 is 2.14 bits per heavy atom. The molecule has 0 amide bonds. The number of hydrogen-bond acceptors (Lipinski definition) is 9. The Balaban J connectivity index is 0.00000320. The number of fused-ring (bicyclic) bond motifs is 2. The average molecular weight is 838 g/mol. The van der Waals surface area contributed by atoms with Crippen LogP contribution in [-0.2, 0) is 30.5 Å². The fourth-order valence-electron chi connectivity index (χ4n) is 9.06. The molecule has 6 bridgehead atoms. The molecule has 314 valence electrons. The third-order valence-corrected chi connectivity index (χ3v) is 12.3. The highest BCUT2D eigenvalue weighted by Gasteiger charge is 2.40. The van der Waals surface area contributed by atoms with Gasteiger partial charge < -0.3 is 42.8 Å². The van der Waals surface area contributed by atoms with Crippen molar-refractivity contribution < 1.29 is 42.8 Å². The molecule has 0 saturated carbocycles. The number of methoxy groups -OCH3 is 4. The fraction of sp³-hybridized carbons (Fsp3) is 0.457. The molecule has 58 heavy (non-hydrogen) atoms. The number of carboxylic acids is 1. The van der Waals surface area contributed by atoms with Gasteiger partial charge in [-0.2, -0.15) is 0 Å². The first kappa shape index (κ1) is 44.7. The maximum absolute atomic E-state index is 10.9. The molecule has 10 nitrogen and oxygen atoms in total. The molecule has 8 rings (SSSR count). The molecule has 4 aromatic carbocycles. The van der Waals surface area contributed by atoms with Crippen molar-refractivity contribution in [3.63, 3.8) is 0 Å². The molecular weight excluding hydrogens is 779 g/mol. The number of likely N-dealkylation sites (N-methyl/N-ethyl adjacent to an activating group) is 2. The van der Waals surface area contributed by atoms with Crippen molar-refractivity contribution >= 4 is 30.8 Å². The zero-order valence-corrected chi connectivity index (χ0v) is 36.2. The van der Waals surface area contributed by atoms with Crippen LogP contribution in [0.25, 0.3) is 0 Å². The van der Waals surface area contributed by atoms with Gasteiger partial charge >= 0.3 is 0 Å². The van der Waals surface area contributed by atoms with Gasteiger partial charge in [0.1, 0.15) is 11.8 Å². The predicted molar refractivity (Wildman–Crippen MR) is 228 cm³/mol. The summed E-state index contributed by atoms with van der Waals surface area (Å²) >= 11 is 0.